The van der Waals surface area contributed by atoms with Crippen LogP contribution in [0.5, 0.6) is 5.75 Å². The SMILES string of the molecule is CC(=O)[C@H](Cc1ccccc1)NC(=O)COC(=O)COc1ccc(C(C)(C)C)cc1. The maximum absolute atomic E-state index is 12.1. The topological polar surface area (TPSA) is 81.7 Å². The molecule has 0 unspecified atom stereocenters. The molecule has 0 saturated carbocycles. The summed E-state index contributed by atoms with van der Waals surface area (Å²) in [5.74, 6) is -0.814. The molecule has 6 nitrogen and oxygen atoms in total. The van der Waals surface area contributed by atoms with Gasteiger partial charge in [0.25, 0.3) is 5.91 Å². The van der Waals surface area contributed by atoms with Crippen molar-refractivity contribution in [3.8, 4) is 5.75 Å². The highest BCUT2D eigenvalue weighted by Gasteiger charge is 2.19. The van der Waals surface area contributed by atoms with Gasteiger partial charge in [0, 0.05) is 0 Å². The first-order valence-electron chi connectivity index (χ1n) is 9.88. The minimum atomic E-state index is -0.670. The molecular formula is C24H29NO5. The van der Waals surface area contributed by atoms with Crippen molar-refractivity contribution in [3.05, 3.63) is 65.7 Å². The van der Waals surface area contributed by atoms with Gasteiger partial charge in [0.05, 0.1) is 6.04 Å². The molecule has 6 heteroatoms. The van der Waals surface area contributed by atoms with E-state index in [4.69, 9.17) is 9.47 Å². The lowest BCUT2D eigenvalue weighted by Crippen LogP contribution is -2.43. The summed E-state index contributed by atoms with van der Waals surface area (Å²) >= 11 is 0. The first-order valence-corrected chi connectivity index (χ1v) is 9.88. The molecule has 0 aliphatic heterocycles. The largest absolute Gasteiger partial charge is 0.482 e. The molecule has 0 radical (unpaired) electrons. The van der Waals surface area contributed by atoms with Crippen molar-refractivity contribution in [2.75, 3.05) is 13.2 Å². The van der Waals surface area contributed by atoms with Gasteiger partial charge in [-0.2, -0.15) is 0 Å². The van der Waals surface area contributed by atoms with E-state index in [9.17, 15) is 14.4 Å². The average molecular weight is 411 g/mol. The van der Waals surface area contributed by atoms with E-state index in [1.54, 1.807) is 12.1 Å². The number of amides is 1. The highest BCUT2D eigenvalue weighted by atomic mass is 16.6. The summed E-state index contributed by atoms with van der Waals surface area (Å²) in [5, 5.41) is 2.61. The fraction of sp³-hybridized carbons (Fsp3) is 0.375. The Balaban J connectivity index is 1.76. The van der Waals surface area contributed by atoms with Crippen LogP contribution < -0.4 is 10.1 Å². The van der Waals surface area contributed by atoms with Gasteiger partial charge in [0.15, 0.2) is 19.0 Å². The fourth-order valence-corrected chi connectivity index (χ4v) is 2.76. The van der Waals surface area contributed by atoms with Gasteiger partial charge in [-0.3, -0.25) is 9.59 Å². The Kier molecular flexibility index (Phi) is 8.16. The quantitative estimate of drug-likeness (QED) is 0.641. The second-order valence-electron chi connectivity index (χ2n) is 8.14. The number of benzene rings is 2. The summed E-state index contributed by atoms with van der Waals surface area (Å²) in [5.41, 5.74) is 2.12. The predicted molar refractivity (Wildman–Crippen MR) is 114 cm³/mol. The summed E-state index contributed by atoms with van der Waals surface area (Å²) in [7, 11) is 0. The van der Waals surface area contributed by atoms with E-state index in [-0.39, 0.29) is 17.8 Å². The zero-order valence-corrected chi connectivity index (χ0v) is 17.9. The Hall–Kier alpha value is -3.15. The van der Waals surface area contributed by atoms with Crippen molar-refractivity contribution in [2.24, 2.45) is 0 Å². The molecule has 2 aromatic carbocycles. The van der Waals surface area contributed by atoms with Crippen LogP contribution in [0.1, 0.15) is 38.8 Å². The maximum atomic E-state index is 12.1. The van der Waals surface area contributed by atoms with Gasteiger partial charge in [-0.05, 0) is 42.0 Å². The summed E-state index contributed by atoms with van der Waals surface area (Å²) in [4.78, 5) is 35.8. The van der Waals surface area contributed by atoms with Crippen LogP contribution in [0.4, 0.5) is 0 Å². The minimum Gasteiger partial charge on any atom is -0.482 e. The molecule has 2 rings (SSSR count). The summed E-state index contributed by atoms with van der Waals surface area (Å²) < 4.78 is 10.4. The third-order valence-electron chi connectivity index (χ3n) is 4.55. The number of ketones is 1. The Morgan fingerprint density at radius 2 is 1.57 bits per heavy atom. The van der Waals surface area contributed by atoms with Gasteiger partial charge in [-0.25, -0.2) is 4.79 Å². The molecule has 30 heavy (non-hydrogen) atoms. The van der Waals surface area contributed by atoms with E-state index < -0.39 is 24.5 Å². The summed E-state index contributed by atoms with van der Waals surface area (Å²) in [6.07, 6.45) is 0.379. The van der Waals surface area contributed by atoms with Gasteiger partial charge >= 0.3 is 5.97 Å². The molecule has 0 aliphatic rings. The average Bonchev–Trinajstić information content (AvgIpc) is 2.70. The van der Waals surface area contributed by atoms with E-state index in [0.717, 1.165) is 11.1 Å². The van der Waals surface area contributed by atoms with E-state index in [2.05, 4.69) is 26.1 Å². The number of ether oxygens (including phenoxy) is 2. The molecule has 0 fully saturated rings. The number of hydrogen-bond acceptors (Lipinski definition) is 5. The number of hydrogen-bond donors (Lipinski definition) is 1. The Labute approximate surface area is 177 Å². The Bertz CT molecular complexity index is 853. The van der Waals surface area contributed by atoms with Gasteiger partial charge in [0.2, 0.25) is 0 Å². The lowest BCUT2D eigenvalue weighted by Gasteiger charge is -2.19. The lowest BCUT2D eigenvalue weighted by molar-refractivity contribution is -0.150. The smallest absolute Gasteiger partial charge is 0.344 e. The molecule has 0 bridgehead atoms. The van der Waals surface area contributed by atoms with Crippen molar-refractivity contribution < 1.29 is 23.9 Å². The fourth-order valence-electron chi connectivity index (χ4n) is 2.76. The number of carbonyl (C=O) groups is 3. The van der Waals surface area contributed by atoms with E-state index >= 15 is 0 Å². The first kappa shape index (κ1) is 23.1. The number of Topliss-reactive ketones (excluding diaryl/α,β-unsaturated/α-hetero) is 1. The number of nitrogens with one attached hydrogen (secondary N) is 1. The van der Waals surface area contributed by atoms with Gasteiger partial charge in [-0.1, -0.05) is 63.2 Å². The number of carbonyl (C=O) groups excluding carboxylic acids is 3. The first-order chi connectivity index (χ1) is 14.1. The van der Waals surface area contributed by atoms with Crippen LogP contribution in [0, 0.1) is 0 Å². The number of esters is 1. The molecule has 0 aliphatic carbocycles. The van der Waals surface area contributed by atoms with Crippen molar-refractivity contribution in [3.63, 3.8) is 0 Å². The molecule has 160 valence electrons. The van der Waals surface area contributed by atoms with Crippen LogP contribution in [-0.4, -0.2) is 36.9 Å². The second kappa shape index (κ2) is 10.6. The highest BCUT2D eigenvalue weighted by molar-refractivity contribution is 5.88. The third-order valence-corrected chi connectivity index (χ3v) is 4.55. The van der Waals surface area contributed by atoms with Crippen molar-refractivity contribution in [1.82, 2.24) is 5.32 Å². The van der Waals surface area contributed by atoms with Crippen LogP contribution >= 0.6 is 0 Å². The van der Waals surface area contributed by atoms with Crippen LogP contribution in [0.25, 0.3) is 0 Å². The van der Waals surface area contributed by atoms with Crippen LogP contribution in [-0.2, 0) is 31.0 Å². The highest BCUT2D eigenvalue weighted by Crippen LogP contribution is 2.24. The van der Waals surface area contributed by atoms with Crippen LogP contribution in [0.2, 0.25) is 0 Å². The van der Waals surface area contributed by atoms with Crippen molar-refractivity contribution >= 4 is 17.7 Å². The molecule has 0 aromatic heterocycles. The van der Waals surface area contributed by atoms with Gasteiger partial charge in [0.1, 0.15) is 5.75 Å². The van der Waals surface area contributed by atoms with E-state index in [1.807, 2.05) is 42.5 Å². The monoisotopic (exact) mass is 411 g/mol. The van der Waals surface area contributed by atoms with Crippen LogP contribution in [0.3, 0.4) is 0 Å². The van der Waals surface area contributed by atoms with Crippen molar-refractivity contribution in [1.29, 1.82) is 0 Å². The summed E-state index contributed by atoms with van der Waals surface area (Å²) in [6.45, 7) is 6.98. The normalized spacial score (nSPS) is 12.0. The lowest BCUT2D eigenvalue weighted by atomic mass is 9.87. The maximum Gasteiger partial charge on any atom is 0.344 e. The molecule has 0 saturated heterocycles. The molecule has 1 N–H and O–H groups in total. The van der Waals surface area contributed by atoms with Gasteiger partial charge < -0.3 is 14.8 Å². The summed E-state index contributed by atoms with van der Waals surface area (Å²) in [6, 6.07) is 16.2. The molecule has 0 heterocycles. The Morgan fingerprint density at radius 1 is 0.933 bits per heavy atom. The molecule has 1 amide bonds. The zero-order chi connectivity index (χ0) is 22.1. The predicted octanol–water partition coefficient (Wildman–Crippen LogP) is 3.22. The molecule has 2 aromatic rings. The molecule has 1 atom stereocenters. The molecular weight excluding hydrogens is 382 g/mol. The standard InChI is InChI=1S/C24H29NO5/c1-17(26)21(14-18-8-6-5-7-9-18)25-22(27)15-30-23(28)16-29-20-12-10-19(11-13-20)24(2,3)4/h5-13,21H,14-16H2,1-4H3,(H,25,27)/t21-/m0/s1. The number of rotatable bonds is 9. The zero-order valence-electron chi connectivity index (χ0n) is 17.9. The van der Waals surface area contributed by atoms with E-state index in [0.29, 0.717) is 12.2 Å². The van der Waals surface area contributed by atoms with Crippen molar-refractivity contribution in [2.45, 2.75) is 45.6 Å². The van der Waals surface area contributed by atoms with Crippen LogP contribution in [0.15, 0.2) is 54.6 Å². The second-order valence-corrected chi connectivity index (χ2v) is 8.14. The Morgan fingerprint density at radius 3 is 2.13 bits per heavy atom. The van der Waals surface area contributed by atoms with E-state index in [1.165, 1.54) is 6.92 Å². The third kappa shape index (κ3) is 7.70. The van der Waals surface area contributed by atoms with Gasteiger partial charge in [-0.15, -0.1) is 0 Å². The minimum absolute atomic E-state index is 0.0308. The molecule has 0 spiro atoms.